The van der Waals surface area contributed by atoms with E-state index in [4.69, 9.17) is 10.5 Å². The Hall–Kier alpha value is -1.62. The molecular weight excluding hydrogens is 420 g/mol. The maximum absolute atomic E-state index is 13.8. The molecule has 8 nitrogen and oxygen atoms in total. The summed E-state index contributed by atoms with van der Waals surface area (Å²) in [6, 6.07) is 0.782. The molecule has 0 rings (SSSR count). The number of halogens is 6. The fraction of sp³-hybridized carbons (Fsp3) is 0.800. The van der Waals surface area contributed by atoms with Gasteiger partial charge in [-0.1, -0.05) is 4.47 Å². The summed E-state index contributed by atoms with van der Waals surface area (Å²) in [5.74, 6) is -7.16. The van der Waals surface area contributed by atoms with E-state index in [1.807, 2.05) is 0 Å². The van der Waals surface area contributed by atoms with E-state index in [-0.39, 0.29) is 0 Å². The monoisotopic (exact) mass is 431 g/mol. The fourth-order valence-electron chi connectivity index (χ4n) is 1.29. The van der Waals surface area contributed by atoms with Crippen molar-refractivity contribution in [1.29, 1.82) is 10.5 Å². The van der Waals surface area contributed by atoms with Gasteiger partial charge in [-0.15, -0.1) is 0 Å². The zero-order valence-corrected chi connectivity index (χ0v) is 14.7. The highest BCUT2D eigenvalue weighted by molar-refractivity contribution is 7.93. The van der Waals surface area contributed by atoms with E-state index < -0.39 is 51.5 Å². The molecule has 0 aromatic carbocycles. The van der Waals surface area contributed by atoms with E-state index in [1.165, 1.54) is 0 Å². The second kappa shape index (κ2) is 6.52. The molecule has 1 N–H and O–H groups in total. The van der Waals surface area contributed by atoms with Crippen molar-refractivity contribution < 1.29 is 48.4 Å². The highest BCUT2D eigenvalue weighted by atomic mass is 32.2. The first-order chi connectivity index (χ1) is 11.2. The molecule has 0 bridgehead atoms. The molecule has 0 aliphatic rings. The van der Waals surface area contributed by atoms with Gasteiger partial charge in [0.2, 0.25) is 5.25 Å². The predicted octanol–water partition coefficient (Wildman–Crippen LogP) is 1.46. The van der Waals surface area contributed by atoms with Crippen LogP contribution in [-0.2, 0) is 19.9 Å². The number of rotatable bonds is 6. The highest BCUT2D eigenvalue weighted by Crippen LogP contribution is 2.52. The van der Waals surface area contributed by atoms with Crippen LogP contribution in [0.1, 0.15) is 20.8 Å². The van der Waals surface area contributed by atoms with Gasteiger partial charge < -0.3 is 0 Å². The molecule has 0 aromatic heterocycles. The van der Waals surface area contributed by atoms with Crippen molar-refractivity contribution in [2.24, 2.45) is 0 Å². The molecule has 26 heavy (non-hydrogen) atoms. The minimum Gasteiger partial charge on any atom is -0.299 e. The average Bonchev–Trinajstić information content (AvgIpc) is 2.45. The van der Waals surface area contributed by atoms with Crippen LogP contribution in [0.3, 0.4) is 0 Å². The molecule has 0 spiro atoms. The van der Waals surface area contributed by atoms with Gasteiger partial charge in [0.1, 0.15) is 0 Å². The van der Waals surface area contributed by atoms with Crippen LogP contribution < -0.4 is 0 Å². The number of hydrogen-bond donors (Lipinski definition) is 1. The molecule has 0 amide bonds. The van der Waals surface area contributed by atoms with Gasteiger partial charge in [0.15, 0.2) is 0 Å². The quantitative estimate of drug-likeness (QED) is 0.496. The first kappa shape index (κ1) is 24.4. The lowest BCUT2D eigenvalue weighted by molar-refractivity contribution is -0.248. The van der Waals surface area contributed by atoms with Crippen molar-refractivity contribution in [3.8, 4) is 12.1 Å². The second-order valence-corrected chi connectivity index (χ2v) is 9.59. The van der Waals surface area contributed by atoms with E-state index in [0.29, 0.717) is 12.1 Å². The topological polar surface area (TPSA) is 139 Å². The summed E-state index contributed by atoms with van der Waals surface area (Å²) in [6.07, 6.45) is 0. The molecule has 0 aliphatic carbocycles. The Morgan fingerprint density at radius 1 is 0.885 bits per heavy atom. The van der Waals surface area contributed by atoms with Crippen LogP contribution in [0.2, 0.25) is 0 Å². The summed E-state index contributed by atoms with van der Waals surface area (Å²) in [7, 11) is -13.9. The van der Waals surface area contributed by atoms with Crippen LogP contribution in [0.4, 0.5) is 26.3 Å². The standard InChI is InChI=1S/C10H11F6N3O5S2/c1-7(2,3)19(20)26(23,24)10(15,16)8(11,12)9(13,14)25(21,22)6(4-17)5-18/h6,20H,1-3H3. The molecule has 0 saturated carbocycles. The summed E-state index contributed by atoms with van der Waals surface area (Å²) in [4.78, 5) is 0. The van der Waals surface area contributed by atoms with Crippen LogP contribution in [0, 0.1) is 22.7 Å². The van der Waals surface area contributed by atoms with Crippen molar-refractivity contribution in [3.05, 3.63) is 0 Å². The number of sulfonamides is 1. The molecule has 0 radical (unpaired) electrons. The van der Waals surface area contributed by atoms with E-state index >= 15 is 0 Å². The van der Waals surface area contributed by atoms with Gasteiger partial charge in [-0.25, -0.2) is 16.8 Å². The molecule has 0 fully saturated rings. The lowest BCUT2D eigenvalue weighted by atomic mass is 10.1. The molecule has 0 heterocycles. The van der Waals surface area contributed by atoms with Crippen molar-refractivity contribution in [3.63, 3.8) is 0 Å². The van der Waals surface area contributed by atoms with Gasteiger partial charge in [0.25, 0.3) is 9.84 Å². The number of nitrogens with zero attached hydrogens (tertiary/aromatic N) is 3. The third-order valence-electron chi connectivity index (χ3n) is 2.76. The first-order valence-electron chi connectivity index (χ1n) is 6.08. The molecule has 0 aliphatic heterocycles. The van der Waals surface area contributed by atoms with Gasteiger partial charge in [-0.2, -0.15) is 36.9 Å². The average molecular weight is 431 g/mol. The smallest absolute Gasteiger partial charge is 0.299 e. The third kappa shape index (κ3) is 3.22. The van der Waals surface area contributed by atoms with Crippen LogP contribution in [0.5, 0.6) is 0 Å². The van der Waals surface area contributed by atoms with E-state index in [0.717, 1.165) is 20.8 Å². The maximum atomic E-state index is 13.8. The van der Waals surface area contributed by atoms with Crippen molar-refractivity contribution in [2.45, 2.75) is 48.0 Å². The van der Waals surface area contributed by atoms with Gasteiger partial charge in [0, 0.05) is 0 Å². The van der Waals surface area contributed by atoms with Gasteiger partial charge in [-0.3, -0.25) is 5.21 Å². The Morgan fingerprint density at radius 2 is 1.23 bits per heavy atom. The van der Waals surface area contributed by atoms with E-state index in [1.54, 1.807) is 0 Å². The Bertz CT molecular complexity index is 837. The molecule has 0 unspecified atom stereocenters. The fourth-order valence-corrected chi connectivity index (χ4v) is 3.81. The van der Waals surface area contributed by atoms with E-state index in [9.17, 15) is 48.4 Å². The van der Waals surface area contributed by atoms with Crippen LogP contribution in [-0.4, -0.2) is 53.7 Å². The van der Waals surface area contributed by atoms with Crippen LogP contribution >= 0.6 is 0 Å². The Labute approximate surface area is 144 Å². The van der Waals surface area contributed by atoms with Gasteiger partial charge >= 0.3 is 26.5 Å². The Balaban J connectivity index is 6.67. The summed E-state index contributed by atoms with van der Waals surface area (Å²) < 4.78 is 127. The number of hydroxylamine groups is 1. The largest absolute Gasteiger partial charge is 0.430 e. The van der Waals surface area contributed by atoms with Crippen LogP contribution in [0.25, 0.3) is 0 Å². The summed E-state index contributed by atoms with van der Waals surface area (Å²) in [5, 5.41) is 8.56. The number of nitriles is 2. The molecule has 16 heteroatoms. The third-order valence-corrected chi connectivity index (χ3v) is 6.47. The first-order valence-corrected chi connectivity index (χ1v) is 9.06. The lowest BCUT2D eigenvalue weighted by Crippen LogP contribution is -2.65. The maximum Gasteiger partial charge on any atom is 0.430 e. The normalized spacial score (nSPS) is 15.0. The molecule has 0 saturated heterocycles. The van der Waals surface area contributed by atoms with Gasteiger partial charge in [-0.05, 0) is 20.8 Å². The summed E-state index contributed by atoms with van der Waals surface area (Å²) in [5.41, 5.74) is -2.20. The second-order valence-electron chi connectivity index (χ2n) is 5.71. The van der Waals surface area contributed by atoms with Crippen molar-refractivity contribution >= 4 is 19.9 Å². The minimum atomic E-state index is -7.16. The number of alkyl halides is 6. The van der Waals surface area contributed by atoms with Gasteiger partial charge in [0.05, 0.1) is 17.7 Å². The molecular formula is C10H11F6N3O5S2. The molecule has 150 valence electrons. The predicted molar refractivity (Wildman–Crippen MR) is 71.1 cm³/mol. The lowest BCUT2D eigenvalue weighted by Gasteiger charge is -2.36. The van der Waals surface area contributed by atoms with Crippen LogP contribution in [0.15, 0.2) is 0 Å². The van der Waals surface area contributed by atoms with Crippen molar-refractivity contribution in [1.82, 2.24) is 4.47 Å². The summed E-state index contributed by atoms with van der Waals surface area (Å²) in [6.45, 7) is 2.19. The SMILES string of the molecule is CC(C)(C)N(O)S(=O)(=O)C(F)(F)C(F)(F)C(F)(F)S(=O)(=O)C(C#N)C#N. The number of sulfone groups is 1. The molecule has 0 aromatic rings. The molecule has 0 atom stereocenters. The minimum absolute atomic E-state index is 0.391. The Kier molecular flexibility index (Phi) is 6.11. The zero-order valence-electron chi connectivity index (χ0n) is 13.1. The van der Waals surface area contributed by atoms with E-state index in [2.05, 4.69) is 0 Å². The number of hydrogen-bond acceptors (Lipinski definition) is 7. The van der Waals surface area contributed by atoms with Crippen molar-refractivity contribution in [2.75, 3.05) is 0 Å². The Morgan fingerprint density at radius 3 is 1.50 bits per heavy atom. The zero-order chi connectivity index (χ0) is 21.6. The summed E-state index contributed by atoms with van der Waals surface area (Å²) >= 11 is 0. The highest BCUT2D eigenvalue weighted by Gasteiger charge is 2.83.